The first-order valence-electron chi connectivity index (χ1n) is 7.05. The molecule has 3 heteroatoms. The van der Waals surface area contributed by atoms with Gasteiger partial charge >= 0.3 is 0 Å². The molecule has 2 unspecified atom stereocenters. The van der Waals surface area contributed by atoms with E-state index in [4.69, 9.17) is 9.47 Å². The molecule has 2 atom stereocenters. The summed E-state index contributed by atoms with van der Waals surface area (Å²) in [6.45, 7) is 9.32. The topological polar surface area (TPSA) is 38.7 Å². The Morgan fingerprint density at radius 1 is 1.11 bits per heavy atom. The Bertz CT molecular complexity index is 346. The molecule has 3 nitrogen and oxygen atoms in total. The highest BCUT2D eigenvalue weighted by Crippen LogP contribution is 2.19. The molecule has 108 valence electrons. The van der Waals surface area contributed by atoms with Crippen molar-refractivity contribution in [3.8, 4) is 5.75 Å². The maximum absolute atomic E-state index is 10.1. The average molecular weight is 266 g/mol. The monoisotopic (exact) mass is 266 g/mol. The van der Waals surface area contributed by atoms with E-state index in [1.807, 2.05) is 38.1 Å². The van der Waals surface area contributed by atoms with E-state index in [-0.39, 0.29) is 6.10 Å². The van der Waals surface area contributed by atoms with E-state index in [0.29, 0.717) is 19.1 Å². The van der Waals surface area contributed by atoms with Crippen LogP contribution in [0.1, 0.15) is 45.8 Å². The molecule has 0 radical (unpaired) electrons. The number of hydrogen-bond acceptors (Lipinski definition) is 3. The molecule has 0 saturated heterocycles. The quantitative estimate of drug-likeness (QED) is 0.781. The molecule has 0 fully saturated rings. The molecular formula is C16H26O3. The zero-order chi connectivity index (χ0) is 14.3. The summed E-state index contributed by atoms with van der Waals surface area (Å²) in [7, 11) is 0. The van der Waals surface area contributed by atoms with Crippen LogP contribution in [0.25, 0.3) is 0 Å². The van der Waals surface area contributed by atoms with Gasteiger partial charge in [0.25, 0.3) is 0 Å². The van der Waals surface area contributed by atoms with Crippen LogP contribution in [-0.4, -0.2) is 24.4 Å². The number of benzene rings is 1. The van der Waals surface area contributed by atoms with E-state index in [0.717, 1.165) is 17.7 Å². The van der Waals surface area contributed by atoms with Crippen LogP contribution < -0.4 is 4.74 Å². The van der Waals surface area contributed by atoms with Crippen molar-refractivity contribution in [2.75, 3.05) is 13.2 Å². The highest BCUT2D eigenvalue weighted by atomic mass is 16.5. The average Bonchev–Trinajstić information content (AvgIpc) is 2.36. The summed E-state index contributed by atoms with van der Waals surface area (Å²) in [5.74, 6) is 1.44. The molecule has 1 aromatic rings. The van der Waals surface area contributed by atoms with E-state index in [1.54, 1.807) is 0 Å². The number of aliphatic hydroxyl groups excluding tert-OH is 1. The Balaban J connectivity index is 2.42. The van der Waals surface area contributed by atoms with Gasteiger partial charge in [-0.1, -0.05) is 26.0 Å². The fraction of sp³-hybridized carbons (Fsp3) is 0.625. The van der Waals surface area contributed by atoms with Gasteiger partial charge in [-0.05, 0) is 43.9 Å². The fourth-order valence-electron chi connectivity index (χ4n) is 2.04. The first-order chi connectivity index (χ1) is 9.02. The van der Waals surface area contributed by atoms with Gasteiger partial charge in [-0.15, -0.1) is 0 Å². The molecule has 0 aliphatic carbocycles. The third kappa shape index (κ3) is 6.08. The van der Waals surface area contributed by atoms with Crippen LogP contribution in [0, 0.1) is 5.92 Å². The normalized spacial score (nSPS) is 14.4. The third-order valence-electron chi connectivity index (χ3n) is 2.92. The predicted molar refractivity (Wildman–Crippen MR) is 77.4 cm³/mol. The first-order valence-corrected chi connectivity index (χ1v) is 7.05. The minimum atomic E-state index is -0.578. The van der Waals surface area contributed by atoms with Crippen molar-refractivity contribution in [2.45, 2.75) is 46.3 Å². The maximum atomic E-state index is 10.1. The Morgan fingerprint density at radius 3 is 2.26 bits per heavy atom. The lowest BCUT2D eigenvalue weighted by Gasteiger charge is -2.18. The zero-order valence-electron chi connectivity index (χ0n) is 12.4. The summed E-state index contributed by atoms with van der Waals surface area (Å²) in [5.41, 5.74) is 0.861. The Labute approximate surface area is 116 Å². The number of hydrogen-bond donors (Lipinski definition) is 1. The van der Waals surface area contributed by atoms with Gasteiger partial charge in [0, 0.05) is 0 Å². The second kappa shape index (κ2) is 8.18. The lowest BCUT2D eigenvalue weighted by Crippen LogP contribution is -2.16. The van der Waals surface area contributed by atoms with Gasteiger partial charge in [0.05, 0.1) is 19.3 Å². The molecule has 0 spiro atoms. The molecule has 1 N–H and O–H groups in total. The van der Waals surface area contributed by atoms with Crippen LogP contribution >= 0.6 is 0 Å². The van der Waals surface area contributed by atoms with Gasteiger partial charge in [-0.25, -0.2) is 0 Å². The van der Waals surface area contributed by atoms with Crippen molar-refractivity contribution in [1.82, 2.24) is 0 Å². The molecule has 0 heterocycles. The number of ether oxygens (including phenoxy) is 2. The molecule has 0 aromatic heterocycles. The molecule has 0 aliphatic heterocycles. The van der Waals surface area contributed by atoms with Crippen LogP contribution in [0.2, 0.25) is 0 Å². The van der Waals surface area contributed by atoms with Crippen LogP contribution in [0.15, 0.2) is 24.3 Å². The predicted octanol–water partition coefficient (Wildman–Crippen LogP) is 3.57. The molecular weight excluding hydrogens is 240 g/mol. The van der Waals surface area contributed by atoms with Gasteiger partial charge in [0.15, 0.2) is 0 Å². The summed E-state index contributed by atoms with van der Waals surface area (Å²) in [4.78, 5) is 0. The van der Waals surface area contributed by atoms with Crippen LogP contribution in [0.3, 0.4) is 0 Å². The molecule has 0 saturated carbocycles. The van der Waals surface area contributed by atoms with E-state index >= 15 is 0 Å². The van der Waals surface area contributed by atoms with E-state index in [9.17, 15) is 5.11 Å². The van der Waals surface area contributed by atoms with Gasteiger partial charge in [0.2, 0.25) is 0 Å². The van der Waals surface area contributed by atoms with Crippen molar-refractivity contribution in [1.29, 1.82) is 0 Å². The summed E-state index contributed by atoms with van der Waals surface area (Å²) in [6.07, 6.45) is 0.610. The highest BCUT2D eigenvalue weighted by molar-refractivity contribution is 5.28. The summed E-state index contributed by atoms with van der Waals surface area (Å²) in [6, 6.07) is 7.51. The number of aliphatic hydroxyl groups is 1. The van der Waals surface area contributed by atoms with Crippen molar-refractivity contribution < 1.29 is 14.6 Å². The van der Waals surface area contributed by atoms with Gasteiger partial charge < -0.3 is 14.6 Å². The minimum absolute atomic E-state index is 0.178. The SMILES string of the molecule is CCOc1ccc(C(O)COC(C)CC(C)C)cc1. The van der Waals surface area contributed by atoms with Crippen LogP contribution in [-0.2, 0) is 4.74 Å². The molecule has 0 bridgehead atoms. The summed E-state index contributed by atoms with van der Waals surface area (Å²) >= 11 is 0. The van der Waals surface area contributed by atoms with E-state index in [2.05, 4.69) is 13.8 Å². The van der Waals surface area contributed by atoms with E-state index in [1.165, 1.54) is 0 Å². The first kappa shape index (κ1) is 16.0. The Kier molecular flexibility index (Phi) is 6.89. The largest absolute Gasteiger partial charge is 0.494 e. The Hall–Kier alpha value is -1.06. The smallest absolute Gasteiger partial charge is 0.119 e. The Morgan fingerprint density at radius 2 is 1.74 bits per heavy atom. The number of rotatable bonds is 8. The molecule has 1 rings (SSSR count). The molecule has 0 amide bonds. The van der Waals surface area contributed by atoms with Crippen molar-refractivity contribution >= 4 is 0 Å². The second-order valence-corrected chi connectivity index (χ2v) is 5.29. The van der Waals surface area contributed by atoms with E-state index < -0.39 is 6.10 Å². The highest BCUT2D eigenvalue weighted by Gasteiger charge is 2.11. The van der Waals surface area contributed by atoms with Gasteiger partial charge in [0.1, 0.15) is 11.9 Å². The lowest BCUT2D eigenvalue weighted by atomic mass is 10.1. The second-order valence-electron chi connectivity index (χ2n) is 5.29. The third-order valence-corrected chi connectivity index (χ3v) is 2.92. The lowest BCUT2D eigenvalue weighted by molar-refractivity contribution is -0.0101. The standard InChI is InChI=1S/C16H26O3/c1-5-18-15-8-6-14(7-9-15)16(17)11-19-13(4)10-12(2)3/h6-9,12-13,16-17H,5,10-11H2,1-4H3. The molecule has 0 aliphatic rings. The summed E-state index contributed by atoms with van der Waals surface area (Å²) in [5, 5.41) is 10.1. The van der Waals surface area contributed by atoms with Crippen molar-refractivity contribution in [3.63, 3.8) is 0 Å². The minimum Gasteiger partial charge on any atom is -0.494 e. The maximum Gasteiger partial charge on any atom is 0.119 e. The van der Waals surface area contributed by atoms with Crippen LogP contribution in [0.4, 0.5) is 0 Å². The van der Waals surface area contributed by atoms with Crippen molar-refractivity contribution in [2.24, 2.45) is 5.92 Å². The fourth-order valence-corrected chi connectivity index (χ4v) is 2.04. The van der Waals surface area contributed by atoms with Gasteiger partial charge in [-0.2, -0.15) is 0 Å². The molecule has 19 heavy (non-hydrogen) atoms. The zero-order valence-corrected chi connectivity index (χ0v) is 12.4. The summed E-state index contributed by atoms with van der Waals surface area (Å²) < 4.78 is 11.0. The van der Waals surface area contributed by atoms with Crippen LogP contribution in [0.5, 0.6) is 5.75 Å². The van der Waals surface area contributed by atoms with Crippen molar-refractivity contribution in [3.05, 3.63) is 29.8 Å². The van der Waals surface area contributed by atoms with Gasteiger partial charge in [-0.3, -0.25) is 0 Å². The molecule has 1 aromatic carbocycles.